The molecule has 0 bridgehead atoms. The molecule has 1 aromatic rings. The van der Waals surface area contributed by atoms with Crippen LogP contribution in [-0.4, -0.2) is 16.0 Å². The topological polar surface area (TPSA) is 57.8 Å². The summed E-state index contributed by atoms with van der Waals surface area (Å²) in [6.07, 6.45) is 5.29. The summed E-state index contributed by atoms with van der Waals surface area (Å²) < 4.78 is 0.483. The first-order chi connectivity index (χ1) is 7.18. The number of rotatable bonds is 3. The lowest BCUT2D eigenvalue weighted by atomic mass is 9.80. The number of H-pyrrole nitrogens is 1. The first-order valence-corrected chi connectivity index (χ1v) is 5.97. The Morgan fingerprint density at radius 3 is 3.00 bits per heavy atom. The molecule has 1 heterocycles. The molecule has 1 unspecified atom stereocenters. The molecule has 1 aliphatic rings. The van der Waals surface area contributed by atoms with E-state index in [1.165, 1.54) is 25.6 Å². The predicted molar refractivity (Wildman–Crippen MR) is 63.0 cm³/mol. The van der Waals surface area contributed by atoms with Crippen molar-refractivity contribution in [3.8, 4) is 0 Å². The van der Waals surface area contributed by atoms with Crippen LogP contribution in [0.15, 0.2) is 15.6 Å². The van der Waals surface area contributed by atoms with Crippen molar-refractivity contribution in [1.29, 1.82) is 0 Å². The van der Waals surface area contributed by atoms with Gasteiger partial charge in [-0.2, -0.15) is 0 Å². The summed E-state index contributed by atoms with van der Waals surface area (Å²) >= 11 is 3.23. The van der Waals surface area contributed by atoms with Crippen LogP contribution in [0.2, 0.25) is 0 Å². The minimum Gasteiger partial charge on any atom is -0.366 e. The Kier molecular flexibility index (Phi) is 3.09. The number of nitrogens with zero attached hydrogens (tertiary/aromatic N) is 1. The zero-order valence-electron chi connectivity index (χ0n) is 8.59. The van der Waals surface area contributed by atoms with E-state index in [9.17, 15) is 4.79 Å². The van der Waals surface area contributed by atoms with Gasteiger partial charge in [0.05, 0.1) is 6.33 Å². The second-order valence-corrected chi connectivity index (χ2v) is 4.81. The third-order valence-electron chi connectivity index (χ3n) is 3.02. The fourth-order valence-corrected chi connectivity index (χ4v) is 2.09. The Morgan fingerprint density at radius 2 is 2.40 bits per heavy atom. The maximum Gasteiger partial charge on any atom is 0.267 e. The minimum absolute atomic E-state index is 0.145. The van der Waals surface area contributed by atoms with Crippen LogP contribution in [0.4, 0.5) is 5.82 Å². The van der Waals surface area contributed by atoms with Gasteiger partial charge in [-0.3, -0.25) is 4.79 Å². The van der Waals surface area contributed by atoms with Crippen LogP contribution in [0, 0.1) is 5.92 Å². The highest BCUT2D eigenvalue weighted by atomic mass is 79.9. The van der Waals surface area contributed by atoms with E-state index in [4.69, 9.17) is 0 Å². The van der Waals surface area contributed by atoms with E-state index in [0.717, 1.165) is 5.92 Å². The van der Waals surface area contributed by atoms with Gasteiger partial charge in [0.15, 0.2) is 0 Å². The van der Waals surface area contributed by atoms with Crippen molar-refractivity contribution in [2.45, 2.75) is 32.2 Å². The number of hydrogen-bond acceptors (Lipinski definition) is 3. The first-order valence-electron chi connectivity index (χ1n) is 5.18. The van der Waals surface area contributed by atoms with Gasteiger partial charge in [-0.1, -0.05) is 6.42 Å². The van der Waals surface area contributed by atoms with E-state index < -0.39 is 0 Å². The smallest absolute Gasteiger partial charge is 0.267 e. The summed E-state index contributed by atoms with van der Waals surface area (Å²) in [5, 5.41) is 3.27. The molecule has 0 radical (unpaired) electrons. The Balaban J connectivity index is 2.09. The van der Waals surface area contributed by atoms with Gasteiger partial charge in [-0.15, -0.1) is 0 Å². The molecule has 0 aliphatic heterocycles. The van der Waals surface area contributed by atoms with Crippen LogP contribution in [-0.2, 0) is 0 Å². The summed E-state index contributed by atoms with van der Waals surface area (Å²) in [6.45, 7) is 2.14. The molecule has 2 rings (SSSR count). The van der Waals surface area contributed by atoms with Crippen molar-refractivity contribution in [3.05, 3.63) is 21.2 Å². The van der Waals surface area contributed by atoms with Gasteiger partial charge in [0.2, 0.25) is 0 Å². The molecule has 82 valence electrons. The lowest BCUT2D eigenvalue weighted by molar-refractivity contribution is 0.285. The molecule has 1 saturated carbocycles. The number of halogens is 1. The summed E-state index contributed by atoms with van der Waals surface area (Å²) in [5.41, 5.74) is -0.145. The quantitative estimate of drug-likeness (QED) is 0.886. The van der Waals surface area contributed by atoms with Crippen LogP contribution < -0.4 is 10.9 Å². The molecule has 1 fully saturated rings. The molecule has 0 amide bonds. The van der Waals surface area contributed by atoms with Crippen LogP contribution in [0.5, 0.6) is 0 Å². The van der Waals surface area contributed by atoms with Gasteiger partial charge in [0.25, 0.3) is 5.56 Å². The number of hydrogen-bond donors (Lipinski definition) is 2. The van der Waals surface area contributed by atoms with E-state index >= 15 is 0 Å². The summed E-state index contributed by atoms with van der Waals surface area (Å²) in [5.74, 6) is 1.36. The fraction of sp³-hybridized carbons (Fsp3) is 0.600. The molecule has 15 heavy (non-hydrogen) atoms. The van der Waals surface area contributed by atoms with Gasteiger partial charge in [-0.25, -0.2) is 4.98 Å². The van der Waals surface area contributed by atoms with Crippen molar-refractivity contribution in [2.75, 3.05) is 5.32 Å². The molecule has 0 saturated heterocycles. The third kappa shape index (κ3) is 2.22. The lowest BCUT2D eigenvalue weighted by Gasteiger charge is -2.32. The molecule has 2 N–H and O–H groups in total. The molecule has 1 aromatic heterocycles. The van der Waals surface area contributed by atoms with Crippen molar-refractivity contribution >= 4 is 21.7 Å². The van der Waals surface area contributed by atoms with Crippen LogP contribution in [0.3, 0.4) is 0 Å². The highest BCUT2D eigenvalue weighted by Crippen LogP contribution is 2.31. The van der Waals surface area contributed by atoms with Crippen molar-refractivity contribution in [3.63, 3.8) is 0 Å². The molecule has 1 atom stereocenters. The predicted octanol–water partition coefficient (Wildman–Crippen LogP) is 2.13. The second-order valence-electron chi connectivity index (χ2n) is 4.02. The van der Waals surface area contributed by atoms with Gasteiger partial charge < -0.3 is 10.3 Å². The average molecular weight is 272 g/mol. The average Bonchev–Trinajstić information content (AvgIpc) is 2.10. The zero-order valence-corrected chi connectivity index (χ0v) is 10.2. The molecule has 0 spiro atoms. The van der Waals surface area contributed by atoms with Crippen molar-refractivity contribution in [1.82, 2.24) is 9.97 Å². The number of aromatic nitrogens is 2. The largest absolute Gasteiger partial charge is 0.366 e. The van der Waals surface area contributed by atoms with E-state index in [-0.39, 0.29) is 5.56 Å². The maximum absolute atomic E-state index is 11.3. The van der Waals surface area contributed by atoms with E-state index in [1.807, 2.05) is 0 Å². The monoisotopic (exact) mass is 271 g/mol. The first kappa shape index (κ1) is 10.7. The number of nitrogens with one attached hydrogen (secondary N) is 2. The fourth-order valence-electron chi connectivity index (χ4n) is 1.76. The van der Waals surface area contributed by atoms with E-state index in [2.05, 4.69) is 38.1 Å². The molecule has 4 nitrogen and oxygen atoms in total. The van der Waals surface area contributed by atoms with Crippen LogP contribution >= 0.6 is 15.9 Å². The number of anilines is 1. The van der Waals surface area contributed by atoms with Gasteiger partial charge in [0, 0.05) is 6.04 Å². The lowest BCUT2D eigenvalue weighted by Crippen LogP contribution is -2.31. The molecular formula is C10H14BrN3O. The normalized spacial score (nSPS) is 18.3. The molecule has 0 aromatic carbocycles. The zero-order chi connectivity index (χ0) is 10.8. The Hall–Kier alpha value is -0.840. The number of aromatic amines is 1. The molecular weight excluding hydrogens is 258 g/mol. The van der Waals surface area contributed by atoms with Gasteiger partial charge in [-0.05, 0) is 41.6 Å². The van der Waals surface area contributed by atoms with Crippen LogP contribution in [0.25, 0.3) is 0 Å². The maximum atomic E-state index is 11.3. The van der Waals surface area contributed by atoms with Gasteiger partial charge in [0.1, 0.15) is 10.3 Å². The highest BCUT2D eigenvalue weighted by molar-refractivity contribution is 9.10. The highest BCUT2D eigenvalue weighted by Gasteiger charge is 2.24. The second kappa shape index (κ2) is 4.35. The van der Waals surface area contributed by atoms with E-state index in [1.54, 1.807) is 0 Å². The van der Waals surface area contributed by atoms with Gasteiger partial charge >= 0.3 is 0 Å². The Morgan fingerprint density at radius 1 is 1.67 bits per heavy atom. The summed E-state index contributed by atoms with van der Waals surface area (Å²) in [7, 11) is 0. The van der Waals surface area contributed by atoms with Crippen molar-refractivity contribution in [2.24, 2.45) is 5.92 Å². The third-order valence-corrected chi connectivity index (χ3v) is 3.75. The van der Waals surface area contributed by atoms with E-state index in [0.29, 0.717) is 16.3 Å². The Bertz CT molecular complexity index is 400. The minimum atomic E-state index is -0.145. The summed E-state index contributed by atoms with van der Waals surface area (Å²) in [6, 6.07) is 0.379. The Labute approximate surface area is 96.6 Å². The molecule has 5 heteroatoms. The van der Waals surface area contributed by atoms with Crippen LogP contribution in [0.1, 0.15) is 26.2 Å². The standard InChI is InChI=1S/C10H14BrN3O/c1-6(7-3-2-4-7)14-9-8(11)10(15)13-5-12-9/h5-7H,2-4H2,1H3,(H2,12,13,14,15). The van der Waals surface area contributed by atoms with Crippen molar-refractivity contribution < 1.29 is 0 Å². The summed E-state index contributed by atoms with van der Waals surface area (Å²) in [4.78, 5) is 17.9. The molecule has 1 aliphatic carbocycles. The SMILES string of the molecule is CC(Nc1nc[nH]c(=O)c1Br)C1CCC1.